The summed E-state index contributed by atoms with van der Waals surface area (Å²) in [5.41, 5.74) is 0.911. The lowest BCUT2D eigenvalue weighted by Gasteiger charge is -2.23. The molecule has 22 heavy (non-hydrogen) atoms. The second-order valence-electron chi connectivity index (χ2n) is 6.35. The minimum absolute atomic E-state index is 0. The fourth-order valence-corrected chi connectivity index (χ4v) is 3.53. The van der Waals surface area contributed by atoms with E-state index in [1.807, 2.05) is 12.1 Å². The van der Waals surface area contributed by atoms with E-state index in [0.29, 0.717) is 0 Å². The second-order valence-corrected chi connectivity index (χ2v) is 7.26. The molecule has 3 rings (SSSR count). The van der Waals surface area contributed by atoms with Crippen molar-refractivity contribution in [3.63, 3.8) is 0 Å². The predicted octanol–water partition coefficient (Wildman–Crippen LogP) is 3.41. The highest BCUT2D eigenvalue weighted by Gasteiger charge is 2.50. The molecule has 1 saturated heterocycles. The number of benzene rings is 1. The molecule has 5 heteroatoms. The van der Waals surface area contributed by atoms with Gasteiger partial charge in [-0.2, -0.15) is 0 Å². The van der Waals surface area contributed by atoms with Gasteiger partial charge in [0, 0.05) is 11.0 Å². The number of carbonyl (C=O) groups is 1. The number of piperidine rings is 1. The van der Waals surface area contributed by atoms with Gasteiger partial charge in [0.1, 0.15) is 0 Å². The van der Waals surface area contributed by atoms with Crippen molar-refractivity contribution in [1.82, 2.24) is 10.6 Å². The summed E-state index contributed by atoms with van der Waals surface area (Å²) in [5.74, 6) is 0.940. The van der Waals surface area contributed by atoms with Crippen molar-refractivity contribution >= 4 is 34.2 Å². The Morgan fingerprint density at radius 2 is 2.05 bits per heavy atom. The van der Waals surface area contributed by atoms with Gasteiger partial charge in [-0.1, -0.05) is 28.1 Å². The van der Waals surface area contributed by atoms with Gasteiger partial charge in [-0.25, -0.2) is 0 Å². The van der Waals surface area contributed by atoms with E-state index in [2.05, 4.69) is 38.7 Å². The molecule has 2 aliphatic rings. The molecule has 1 saturated carbocycles. The third-order valence-electron chi connectivity index (χ3n) is 4.82. The number of hydrogen-bond acceptors (Lipinski definition) is 2. The lowest BCUT2D eigenvalue weighted by Crippen LogP contribution is -2.37. The van der Waals surface area contributed by atoms with Crippen molar-refractivity contribution in [1.29, 1.82) is 0 Å². The molecule has 0 aromatic heterocycles. The summed E-state index contributed by atoms with van der Waals surface area (Å²) < 4.78 is 1.06. The zero-order valence-corrected chi connectivity index (χ0v) is 15.1. The van der Waals surface area contributed by atoms with Gasteiger partial charge in [0.25, 0.3) is 0 Å². The summed E-state index contributed by atoms with van der Waals surface area (Å²) in [4.78, 5) is 12.5. The molecular formula is C17H24BrClN2O. The van der Waals surface area contributed by atoms with Gasteiger partial charge in [0.05, 0.1) is 5.41 Å². The van der Waals surface area contributed by atoms with Crippen LogP contribution in [0.25, 0.3) is 0 Å². The Hall–Kier alpha value is -0.580. The van der Waals surface area contributed by atoms with Crippen molar-refractivity contribution in [2.45, 2.75) is 37.5 Å². The highest BCUT2D eigenvalue weighted by atomic mass is 79.9. The van der Waals surface area contributed by atoms with Gasteiger partial charge in [-0.3, -0.25) is 4.79 Å². The number of rotatable bonds is 5. The van der Waals surface area contributed by atoms with Gasteiger partial charge in [0.15, 0.2) is 0 Å². The average Bonchev–Trinajstić information content (AvgIpc) is 3.31. The highest BCUT2D eigenvalue weighted by Crippen LogP contribution is 2.48. The molecule has 1 heterocycles. The molecule has 0 radical (unpaired) electrons. The lowest BCUT2D eigenvalue weighted by molar-refractivity contribution is -0.123. The molecule has 1 aromatic carbocycles. The molecule has 3 nitrogen and oxygen atoms in total. The van der Waals surface area contributed by atoms with Crippen LogP contribution < -0.4 is 10.6 Å². The minimum atomic E-state index is -0.245. The van der Waals surface area contributed by atoms with Crippen LogP contribution in [0.4, 0.5) is 0 Å². The van der Waals surface area contributed by atoms with E-state index < -0.39 is 0 Å². The number of carbonyl (C=O) groups excluding carboxylic acids is 1. The van der Waals surface area contributed by atoms with Gasteiger partial charge in [0.2, 0.25) is 5.91 Å². The number of halogens is 2. The van der Waals surface area contributed by atoms with Crippen LogP contribution in [0.1, 0.15) is 37.7 Å². The number of nitrogens with one attached hydrogen (secondary N) is 2. The fraction of sp³-hybridized carbons (Fsp3) is 0.588. The van der Waals surface area contributed by atoms with Crippen LogP contribution >= 0.6 is 28.3 Å². The lowest BCUT2D eigenvalue weighted by atomic mass is 9.94. The summed E-state index contributed by atoms with van der Waals surface area (Å²) in [6.07, 6.45) is 5.61. The highest BCUT2D eigenvalue weighted by molar-refractivity contribution is 9.10. The summed E-state index contributed by atoms with van der Waals surface area (Å²) in [6, 6.07) is 8.19. The predicted molar refractivity (Wildman–Crippen MR) is 95.5 cm³/mol. The molecular weight excluding hydrogens is 364 g/mol. The molecule has 1 aliphatic carbocycles. The first kappa shape index (κ1) is 17.8. The Kier molecular flexibility index (Phi) is 6.30. The third-order valence-corrected chi connectivity index (χ3v) is 5.35. The normalized spacial score (nSPS) is 22.5. The molecule has 1 unspecified atom stereocenters. The third kappa shape index (κ3) is 4.03. The van der Waals surface area contributed by atoms with Crippen molar-refractivity contribution in [3.8, 4) is 0 Å². The van der Waals surface area contributed by atoms with Crippen LogP contribution in [-0.4, -0.2) is 25.5 Å². The van der Waals surface area contributed by atoms with Crippen molar-refractivity contribution < 1.29 is 4.79 Å². The maximum absolute atomic E-state index is 12.5. The second kappa shape index (κ2) is 7.80. The number of hydrogen-bond donors (Lipinski definition) is 2. The Morgan fingerprint density at radius 1 is 1.32 bits per heavy atom. The van der Waals surface area contributed by atoms with Crippen molar-refractivity contribution in [2.24, 2.45) is 5.92 Å². The molecule has 122 valence electrons. The molecule has 0 spiro atoms. The summed E-state index contributed by atoms with van der Waals surface area (Å²) in [6.45, 7) is 3.06. The molecule has 1 aliphatic heterocycles. The smallest absolute Gasteiger partial charge is 0.230 e. The minimum Gasteiger partial charge on any atom is -0.355 e. The van der Waals surface area contributed by atoms with E-state index in [0.717, 1.165) is 54.9 Å². The molecule has 2 fully saturated rings. The van der Waals surface area contributed by atoms with Crippen LogP contribution in [0.5, 0.6) is 0 Å². The monoisotopic (exact) mass is 386 g/mol. The van der Waals surface area contributed by atoms with E-state index in [1.54, 1.807) is 0 Å². The summed E-state index contributed by atoms with van der Waals surface area (Å²) in [7, 11) is 0. The molecule has 1 aromatic rings. The molecule has 1 atom stereocenters. The Morgan fingerprint density at radius 3 is 2.64 bits per heavy atom. The van der Waals surface area contributed by atoms with Gasteiger partial charge in [-0.15, -0.1) is 12.4 Å². The Labute approximate surface area is 147 Å². The molecule has 2 N–H and O–H groups in total. The van der Waals surface area contributed by atoms with Crippen LogP contribution in [0, 0.1) is 5.92 Å². The van der Waals surface area contributed by atoms with Crippen molar-refractivity contribution in [3.05, 3.63) is 34.3 Å². The van der Waals surface area contributed by atoms with Crippen LogP contribution in [0.2, 0.25) is 0 Å². The van der Waals surface area contributed by atoms with E-state index in [4.69, 9.17) is 0 Å². The maximum atomic E-state index is 12.5. The van der Waals surface area contributed by atoms with E-state index in [-0.39, 0.29) is 23.7 Å². The van der Waals surface area contributed by atoms with Crippen LogP contribution in [0.3, 0.4) is 0 Å². The maximum Gasteiger partial charge on any atom is 0.230 e. The fourth-order valence-electron chi connectivity index (χ4n) is 3.27. The largest absolute Gasteiger partial charge is 0.355 e. The summed E-state index contributed by atoms with van der Waals surface area (Å²) >= 11 is 3.45. The SMILES string of the molecule is Cl.O=C(NCCC1CCCNC1)C1(c2ccc(Br)cc2)CC1. The summed E-state index contributed by atoms with van der Waals surface area (Å²) in [5, 5.41) is 6.60. The topological polar surface area (TPSA) is 41.1 Å². The Bertz CT molecular complexity index is 496. The van der Waals surface area contributed by atoms with E-state index >= 15 is 0 Å². The van der Waals surface area contributed by atoms with Gasteiger partial charge in [-0.05, 0) is 68.8 Å². The first-order valence-corrected chi connectivity index (χ1v) is 8.75. The zero-order chi connectivity index (χ0) is 14.7. The van der Waals surface area contributed by atoms with E-state index in [9.17, 15) is 4.79 Å². The quantitative estimate of drug-likeness (QED) is 0.813. The molecule has 1 amide bonds. The van der Waals surface area contributed by atoms with Crippen LogP contribution in [0.15, 0.2) is 28.7 Å². The van der Waals surface area contributed by atoms with E-state index in [1.165, 1.54) is 12.8 Å². The standard InChI is InChI=1S/C17H23BrN2O.ClH/c18-15-5-3-14(4-6-15)17(8-9-17)16(21)20-11-7-13-2-1-10-19-12-13;/h3-6,13,19H,1-2,7-12H2,(H,20,21);1H. The van der Waals surface area contributed by atoms with Gasteiger partial charge >= 0.3 is 0 Å². The first-order valence-electron chi connectivity index (χ1n) is 7.96. The zero-order valence-electron chi connectivity index (χ0n) is 12.7. The van der Waals surface area contributed by atoms with Crippen molar-refractivity contribution in [2.75, 3.05) is 19.6 Å². The van der Waals surface area contributed by atoms with Crippen LogP contribution in [-0.2, 0) is 10.2 Å². The first-order chi connectivity index (χ1) is 10.2. The number of amides is 1. The van der Waals surface area contributed by atoms with Gasteiger partial charge < -0.3 is 10.6 Å². The Balaban J connectivity index is 0.00000176. The average molecular weight is 388 g/mol. The molecule has 0 bridgehead atoms.